The Hall–Kier alpha value is -3.07. The third kappa shape index (κ3) is 7.22. The summed E-state index contributed by atoms with van der Waals surface area (Å²) in [6, 6.07) is 13.5. The minimum atomic E-state index is -3.77. The predicted octanol–water partition coefficient (Wildman–Crippen LogP) is 3.64. The van der Waals surface area contributed by atoms with Crippen LogP contribution in [-0.4, -0.2) is 57.1 Å². The Morgan fingerprint density at radius 1 is 1.06 bits per heavy atom. The number of ether oxygens (including phenoxy) is 1. The molecule has 0 aromatic heterocycles. The molecular weight excluding hydrogens is 478 g/mol. The molecular formula is C27H37N3O5S. The van der Waals surface area contributed by atoms with Crippen LogP contribution in [0.15, 0.2) is 48.5 Å². The van der Waals surface area contributed by atoms with E-state index in [-0.39, 0.29) is 18.5 Å². The molecule has 0 bridgehead atoms. The van der Waals surface area contributed by atoms with Crippen molar-refractivity contribution in [2.75, 3.05) is 24.2 Å². The quantitative estimate of drug-likeness (QED) is 0.521. The maximum atomic E-state index is 13.7. The second kappa shape index (κ2) is 12.3. The molecule has 0 aliphatic heterocycles. The van der Waals surface area contributed by atoms with Crippen molar-refractivity contribution < 1.29 is 22.7 Å². The Morgan fingerprint density at radius 2 is 1.69 bits per heavy atom. The zero-order chi connectivity index (χ0) is 26.3. The normalized spacial score (nSPS) is 15.1. The second-order valence-corrected chi connectivity index (χ2v) is 11.3. The lowest BCUT2D eigenvalue weighted by Gasteiger charge is -2.33. The van der Waals surface area contributed by atoms with Crippen LogP contribution in [0.2, 0.25) is 0 Å². The van der Waals surface area contributed by atoms with Crippen molar-refractivity contribution in [2.45, 2.75) is 64.6 Å². The number of carbonyl (C=O) groups excluding carboxylic acids is 2. The number of sulfonamides is 1. The molecule has 1 N–H and O–H groups in total. The second-order valence-electron chi connectivity index (χ2n) is 9.44. The van der Waals surface area contributed by atoms with Crippen molar-refractivity contribution in [1.29, 1.82) is 0 Å². The number of nitrogens with zero attached hydrogens (tertiary/aromatic N) is 2. The molecule has 1 atom stereocenters. The molecule has 0 spiro atoms. The molecule has 3 rings (SSSR count). The highest BCUT2D eigenvalue weighted by Gasteiger charge is 2.31. The van der Waals surface area contributed by atoms with Crippen LogP contribution in [0.5, 0.6) is 5.75 Å². The van der Waals surface area contributed by atoms with E-state index in [1.165, 1.54) is 18.4 Å². The van der Waals surface area contributed by atoms with Crippen LogP contribution in [0, 0.1) is 6.92 Å². The Balaban J connectivity index is 1.87. The molecule has 1 aliphatic rings. The number of nitrogens with one attached hydrogen (secondary N) is 1. The standard InChI is InChI=1S/C27H37N3O5S/c1-20-10-8-9-11-22(20)18-29(21(2)27(32)28-23-12-6-5-7-13-23)26(31)19-30(36(4,33)34)24-14-16-25(35-3)17-15-24/h8-11,14-17,21,23H,5-7,12-13,18-19H2,1-4H3,(H,28,32)/t21-/m0/s1. The lowest BCUT2D eigenvalue weighted by Crippen LogP contribution is -2.53. The number of aryl methyl sites for hydroxylation is 1. The first-order chi connectivity index (χ1) is 17.1. The molecule has 2 aromatic rings. The van der Waals surface area contributed by atoms with E-state index in [0.717, 1.165) is 47.4 Å². The summed E-state index contributed by atoms with van der Waals surface area (Å²) in [4.78, 5) is 28.3. The van der Waals surface area contributed by atoms with Crippen LogP contribution in [0.1, 0.15) is 50.2 Å². The van der Waals surface area contributed by atoms with Crippen LogP contribution >= 0.6 is 0 Å². The van der Waals surface area contributed by atoms with Crippen molar-refractivity contribution in [3.05, 3.63) is 59.7 Å². The van der Waals surface area contributed by atoms with Gasteiger partial charge in [0, 0.05) is 12.6 Å². The van der Waals surface area contributed by atoms with E-state index in [2.05, 4.69) is 5.32 Å². The van der Waals surface area contributed by atoms with Crippen LogP contribution in [0.3, 0.4) is 0 Å². The minimum absolute atomic E-state index is 0.107. The van der Waals surface area contributed by atoms with Crippen molar-refractivity contribution in [3.63, 3.8) is 0 Å². The molecule has 2 amide bonds. The van der Waals surface area contributed by atoms with Crippen molar-refractivity contribution >= 4 is 27.5 Å². The number of benzene rings is 2. The third-order valence-electron chi connectivity index (χ3n) is 6.76. The summed E-state index contributed by atoms with van der Waals surface area (Å²) < 4.78 is 31.6. The summed E-state index contributed by atoms with van der Waals surface area (Å²) in [5, 5.41) is 3.10. The average Bonchev–Trinajstić information content (AvgIpc) is 2.86. The molecule has 0 radical (unpaired) electrons. The Morgan fingerprint density at radius 3 is 2.28 bits per heavy atom. The number of carbonyl (C=O) groups is 2. The zero-order valence-corrected chi connectivity index (χ0v) is 22.4. The molecule has 9 heteroatoms. The van der Waals surface area contributed by atoms with Gasteiger partial charge in [-0.1, -0.05) is 43.5 Å². The van der Waals surface area contributed by atoms with Crippen LogP contribution in [-0.2, 0) is 26.2 Å². The number of hydrogen-bond donors (Lipinski definition) is 1. The van der Waals surface area contributed by atoms with E-state index in [0.29, 0.717) is 11.4 Å². The van der Waals surface area contributed by atoms with Gasteiger partial charge in [0.15, 0.2) is 0 Å². The van der Waals surface area contributed by atoms with E-state index in [4.69, 9.17) is 4.74 Å². The van der Waals surface area contributed by atoms with E-state index >= 15 is 0 Å². The number of rotatable bonds is 10. The summed E-state index contributed by atoms with van der Waals surface area (Å²) in [6.07, 6.45) is 6.27. The monoisotopic (exact) mass is 515 g/mol. The van der Waals surface area contributed by atoms with Gasteiger partial charge in [-0.05, 0) is 62.1 Å². The highest BCUT2D eigenvalue weighted by molar-refractivity contribution is 7.92. The van der Waals surface area contributed by atoms with Crippen molar-refractivity contribution in [3.8, 4) is 5.75 Å². The lowest BCUT2D eigenvalue weighted by atomic mass is 9.95. The van der Waals surface area contributed by atoms with Crippen LogP contribution in [0.25, 0.3) is 0 Å². The minimum Gasteiger partial charge on any atom is -0.497 e. The molecule has 2 aromatic carbocycles. The van der Waals surface area contributed by atoms with Gasteiger partial charge in [-0.2, -0.15) is 0 Å². The van der Waals surface area contributed by atoms with Gasteiger partial charge in [-0.25, -0.2) is 8.42 Å². The molecule has 1 aliphatic carbocycles. The van der Waals surface area contributed by atoms with Gasteiger partial charge in [0.1, 0.15) is 18.3 Å². The zero-order valence-electron chi connectivity index (χ0n) is 21.6. The third-order valence-corrected chi connectivity index (χ3v) is 7.90. The van der Waals surface area contributed by atoms with Crippen molar-refractivity contribution in [1.82, 2.24) is 10.2 Å². The van der Waals surface area contributed by atoms with Crippen molar-refractivity contribution in [2.24, 2.45) is 0 Å². The largest absolute Gasteiger partial charge is 0.497 e. The summed E-state index contributed by atoms with van der Waals surface area (Å²) in [5.74, 6) is -0.0994. The first kappa shape index (κ1) is 27.5. The van der Waals surface area contributed by atoms with E-state index in [1.807, 2.05) is 31.2 Å². The molecule has 36 heavy (non-hydrogen) atoms. The smallest absolute Gasteiger partial charge is 0.244 e. The first-order valence-electron chi connectivity index (χ1n) is 12.4. The first-order valence-corrected chi connectivity index (χ1v) is 14.2. The Bertz CT molecular complexity index is 1140. The summed E-state index contributed by atoms with van der Waals surface area (Å²) in [7, 11) is -2.25. The van der Waals surface area contributed by atoms with Gasteiger partial charge in [-0.15, -0.1) is 0 Å². The van der Waals surface area contributed by atoms with E-state index in [1.54, 1.807) is 31.2 Å². The highest BCUT2D eigenvalue weighted by Crippen LogP contribution is 2.23. The maximum Gasteiger partial charge on any atom is 0.244 e. The molecule has 0 unspecified atom stereocenters. The number of anilines is 1. The van der Waals surface area contributed by atoms with E-state index < -0.39 is 28.5 Å². The molecule has 0 saturated heterocycles. The lowest BCUT2D eigenvalue weighted by molar-refractivity contribution is -0.139. The van der Waals surface area contributed by atoms with Gasteiger partial charge in [0.25, 0.3) is 0 Å². The van der Waals surface area contributed by atoms with Crippen LogP contribution in [0.4, 0.5) is 5.69 Å². The number of methoxy groups -OCH3 is 1. The van der Waals surface area contributed by atoms with Gasteiger partial charge in [0.2, 0.25) is 21.8 Å². The van der Waals surface area contributed by atoms with Gasteiger partial charge >= 0.3 is 0 Å². The number of hydrogen-bond acceptors (Lipinski definition) is 5. The van der Waals surface area contributed by atoms with Gasteiger partial charge in [0.05, 0.1) is 19.1 Å². The summed E-state index contributed by atoms with van der Waals surface area (Å²) in [6.45, 7) is 3.43. The molecule has 1 saturated carbocycles. The predicted molar refractivity (Wildman–Crippen MR) is 141 cm³/mol. The van der Waals surface area contributed by atoms with Gasteiger partial charge < -0.3 is 15.0 Å². The SMILES string of the molecule is COc1ccc(N(CC(=O)N(Cc2ccccc2C)[C@@H](C)C(=O)NC2CCCCC2)S(C)(=O)=O)cc1. The topological polar surface area (TPSA) is 96.0 Å². The maximum absolute atomic E-state index is 13.7. The summed E-state index contributed by atoms with van der Waals surface area (Å²) in [5.41, 5.74) is 2.24. The molecule has 8 nitrogen and oxygen atoms in total. The molecule has 196 valence electrons. The fourth-order valence-electron chi connectivity index (χ4n) is 4.48. The Labute approximate surface area is 214 Å². The molecule has 0 heterocycles. The number of amides is 2. The van der Waals surface area contributed by atoms with Crippen LogP contribution < -0.4 is 14.4 Å². The fourth-order valence-corrected chi connectivity index (χ4v) is 5.33. The molecule has 1 fully saturated rings. The van der Waals surface area contributed by atoms with Gasteiger partial charge in [-0.3, -0.25) is 13.9 Å². The van der Waals surface area contributed by atoms with E-state index in [9.17, 15) is 18.0 Å². The Kier molecular flexibility index (Phi) is 9.37. The highest BCUT2D eigenvalue weighted by atomic mass is 32.2. The fraction of sp³-hybridized carbons (Fsp3) is 0.481. The summed E-state index contributed by atoms with van der Waals surface area (Å²) >= 11 is 0. The average molecular weight is 516 g/mol.